The number of hydrogen-bond donors (Lipinski definition) is 0. The molecule has 5 nitrogen and oxygen atoms in total. The van der Waals surface area contributed by atoms with Gasteiger partial charge in [-0.25, -0.2) is 4.79 Å². The van der Waals surface area contributed by atoms with Crippen LogP contribution < -0.4 is 4.74 Å². The molecule has 20 heavy (non-hydrogen) atoms. The van der Waals surface area contributed by atoms with Crippen molar-refractivity contribution in [2.45, 2.75) is 0 Å². The standard InChI is InChI=1S/C14H11ClO5/c1-18-12-7-8(15)3-4-9(12)13(16)10-5-6-11(20-10)14(17)19-2/h3-7H,1-2H3. The summed E-state index contributed by atoms with van der Waals surface area (Å²) in [5.41, 5.74) is 0.294. The molecule has 0 amide bonds. The fourth-order valence-electron chi connectivity index (χ4n) is 1.66. The van der Waals surface area contributed by atoms with E-state index in [1.54, 1.807) is 6.07 Å². The van der Waals surface area contributed by atoms with Gasteiger partial charge in [0.1, 0.15) is 5.75 Å². The number of halogens is 1. The topological polar surface area (TPSA) is 65.7 Å². The van der Waals surface area contributed by atoms with Crippen LogP contribution in [0.5, 0.6) is 5.75 Å². The summed E-state index contributed by atoms with van der Waals surface area (Å²) in [6.45, 7) is 0. The molecule has 104 valence electrons. The Morgan fingerprint density at radius 2 is 1.80 bits per heavy atom. The number of esters is 1. The molecule has 2 rings (SSSR count). The molecule has 1 aromatic heterocycles. The minimum atomic E-state index is -0.646. The monoisotopic (exact) mass is 294 g/mol. The van der Waals surface area contributed by atoms with Crippen molar-refractivity contribution in [2.24, 2.45) is 0 Å². The predicted molar refractivity (Wildman–Crippen MR) is 71.5 cm³/mol. The van der Waals surface area contributed by atoms with E-state index in [-0.39, 0.29) is 11.5 Å². The second kappa shape index (κ2) is 5.79. The lowest BCUT2D eigenvalue weighted by atomic mass is 10.1. The largest absolute Gasteiger partial charge is 0.496 e. The molecule has 0 unspecified atom stereocenters. The van der Waals surface area contributed by atoms with Crippen molar-refractivity contribution >= 4 is 23.4 Å². The molecule has 0 spiro atoms. The molecular formula is C14H11ClO5. The van der Waals surface area contributed by atoms with Crippen molar-refractivity contribution in [1.82, 2.24) is 0 Å². The van der Waals surface area contributed by atoms with Gasteiger partial charge in [-0.05, 0) is 30.3 Å². The number of methoxy groups -OCH3 is 2. The van der Waals surface area contributed by atoms with Crippen LogP contribution in [0.2, 0.25) is 5.02 Å². The van der Waals surface area contributed by atoms with Crippen LogP contribution in [0.25, 0.3) is 0 Å². The van der Waals surface area contributed by atoms with Gasteiger partial charge in [0.15, 0.2) is 5.76 Å². The third-order valence-corrected chi connectivity index (χ3v) is 2.86. The lowest BCUT2D eigenvalue weighted by molar-refractivity contribution is 0.0563. The number of ether oxygens (including phenoxy) is 2. The van der Waals surface area contributed by atoms with Crippen LogP contribution in [0.4, 0.5) is 0 Å². The van der Waals surface area contributed by atoms with Crippen LogP contribution in [0.1, 0.15) is 26.7 Å². The van der Waals surface area contributed by atoms with E-state index in [0.29, 0.717) is 16.3 Å². The first kappa shape index (κ1) is 14.1. The molecule has 0 aliphatic carbocycles. The van der Waals surface area contributed by atoms with E-state index in [1.165, 1.54) is 38.5 Å². The molecule has 0 N–H and O–H groups in total. The van der Waals surface area contributed by atoms with Crippen LogP contribution >= 0.6 is 11.6 Å². The highest BCUT2D eigenvalue weighted by molar-refractivity contribution is 6.31. The minimum absolute atomic E-state index is 0.0195. The molecule has 0 atom stereocenters. The Morgan fingerprint density at radius 3 is 2.45 bits per heavy atom. The summed E-state index contributed by atoms with van der Waals surface area (Å²) < 4.78 is 14.8. The molecule has 0 aliphatic rings. The first-order chi connectivity index (χ1) is 9.56. The number of benzene rings is 1. The van der Waals surface area contributed by atoms with Gasteiger partial charge in [0.05, 0.1) is 19.8 Å². The van der Waals surface area contributed by atoms with Crippen LogP contribution in [0, 0.1) is 0 Å². The second-order valence-electron chi connectivity index (χ2n) is 3.83. The number of ketones is 1. The maximum absolute atomic E-state index is 12.3. The van der Waals surface area contributed by atoms with E-state index in [4.69, 9.17) is 20.8 Å². The maximum atomic E-state index is 12.3. The summed E-state index contributed by atoms with van der Waals surface area (Å²) in [7, 11) is 2.67. The van der Waals surface area contributed by atoms with Crippen molar-refractivity contribution in [2.75, 3.05) is 14.2 Å². The molecule has 0 fully saturated rings. The zero-order chi connectivity index (χ0) is 14.7. The zero-order valence-corrected chi connectivity index (χ0v) is 11.6. The Labute approximate surface area is 120 Å². The number of carbonyl (C=O) groups is 2. The molecule has 1 aromatic carbocycles. The van der Waals surface area contributed by atoms with Crippen LogP contribution in [-0.2, 0) is 4.74 Å². The average molecular weight is 295 g/mol. The lowest BCUT2D eigenvalue weighted by Crippen LogP contribution is -2.03. The molecule has 0 bridgehead atoms. The molecular weight excluding hydrogens is 284 g/mol. The molecule has 1 heterocycles. The highest BCUT2D eigenvalue weighted by Gasteiger charge is 2.20. The van der Waals surface area contributed by atoms with Gasteiger partial charge in [-0.2, -0.15) is 0 Å². The zero-order valence-electron chi connectivity index (χ0n) is 10.8. The van der Waals surface area contributed by atoms with Gasteiger partial charge in [-0.15, -0.1) is 0 Å². The van der Waals surface area contributed by atoms with Gasteiger partial charge >= 0.3 is 5.97 Å². The van der Waals surface area contributed by atoms with E-state index in [0.717, 1.165) is 0 Å². The van der Waals surface area contributed by atoms with Gasteiger partial charge in [-0.3, -0.25) is 4.79 Å². The van der Waals surface area contributed by atoms with Crippen molar-refractivity contribution in [3.8, 4) is 5.75 Å². The molecule has 2 aromatic rings. The predicted octanol–water partition coefficient (Wildman–Crippen LogP) is 2.96. The summed E-state index contributed by atoms with van der Waals surface area (Å²) in [5.74, 6) is -0.742. The van der Waals surface area contributed by atoms with Gasteiger partial charge in [0.25, 0.3) is 0 Å². The van der Waals surface area contributed by atoms with Crippen LogP contribution in [-0.4, -0.2) is 26.0 Å². The van der Waals surface area contributed by atoms with E-state index in [9.17, 15) is 9.59 Å². The van der Waals surface area contributed by atoms with Gasteiger partial charge in [0, 0.05) is 5.02 Å². The molecule has 0 saturated carbocycles. The van der Waals surface area contributed by atoms with E-state index >= 15 is 0 Å². The number of hydrogen-bond acceptors (Lipinski definition) is 5. The fourth-order valence-corrected chi connectivity index (χ4v) is 1.82. The molecule has 6 heteroatoms. The third-order valence-electron chi connectivity index (χ3n) is 2.62. The van der Waals surface area contributed by atoms with Gasteiger partial charge in [-0.1, -0.05) is 11.6 Å². The number of carbonyl (C=O) groups excluding carboxylic acids is 2. The second-order valence-corrected chi connectivity index (χ2v) is 4.27. The smallest absolute Gasteiger partial charge is 0.373 e. The molecule has 0 aliphatic heterocycles. The van der Waals surface area contributed by atoms with Gasteiger partial charge < -0.3 is 13.9 Å². The Bertz CT molecular complexity index is 659. The third kappa shape index (κ3) is 2.67. The Hall–Kier alpha value is -2.27. The summed E-state index contributed by atoms with van der Waals surface area (Å²) >= 11 is 5.83. The lowest BCUT2D eigenvalue weighted by Gasteiger charge is -2.06. The molecule has 0 radical (unpaired) electrons. The van der Waals surface area contributed by atoms with Crippen molar-refractivity contribution < 1.29 is 23.5 Å². The highest BCUT2D eigenvalue weighted by Crippen LogP contribution is 2.26. The van der Waals surface area contributed by atoms with Crippen LogP contribution in [0.15, 0.2) is 34.7 Å². The van der Waals surface area contributed by atoms with E-state index in [1.807, 2.05) is 0 Å². The SMILES string of the molecule is COC(=O)c1ccc(C(=O)c2ccc(Cl)cc2OC)o1. The summed E-state index contributed by atoms with van der Waals surface area (Å²) in [6, 6.07) is 7.41. The summed E-state index contributed by atoms with van der Waals surface area (Å²) in [6.07, 6.45) is 0. The summed E-state index contributed by atoms with van der Waals surface area (Å²) in [4.78, 5) is 23.6. The Kier molecular flexibility index (Phi) is 4.10. The molecule has 0 saturated heterocycles. The minimum Gasteiger partial charge on any atom is -0.496 e. The maximum Gasteiger partial charge on any atom is 0.373 e. The van der Waals surface area contributed by atoms with E-state index in [2.05, 4.69) is 4.74 Å². The fraction of sp³-hybridized carbons (Fsp3) is 0.143. The van der Waals surface area contributed by atoms with Crippen molar-refractivity contribution in [1.29, 1.82) is 0 Å². The number of furan rings is 1. The number of rotatable bonds is 4. The average Bonchev–Trinajstić information content (AvgIpc) is 2.95. The normalized spacial score (nSPS) is 10.2. The van der Waals surface area contributed by atoms with Gasteiger partial charge in [0.2, 0.25) is 11.5 Å². The van der Waals surface area contributed by atoms with Crippen molar-refractivity contribution in [3.63, 3.8) is 0 Å². The Morgan fingerprint density at radius 1 is 1.10 bits per heavy atom. The highest BCUT2D eigenvalue weighted by atomic mass is 35.5. The first-order valence-corrected chi connectivity index (χ1v) is 6.01. The summed E-state index contributed by atoms with van der Waals surface area (Å²) in [5, 5.41) is 0.452. The van der Waals surface area contributed by atoms with Crippen LogP contribution in [0.3, 0.4) is 0 Å². The first-order valence-electron chi connectivity index (χ1n) is 5.63. The van der Waals surface area contributed by atoms with E-state index < -0.39 is 11.8 Å². The quantitative estimate of drug-likeness (QED) is 0.640. The Balaban J connectivity index is 2.36. The van der Waals surface area contributed by atoms with Crippen molar-refractivity contribution in [3.05, 3.63) is 52.4 Å².